The van der Waals surface area contributed by atoms with Crippen LogP contribution >= 0.6 is 0 Å². The molecule has 3 aliphatic rings. The first-order valence-corrected chi connectivity index (χ1v) is 22.3. The smallest absolute Gasteiger partial charge is 0.408 e. The van der Waals surface area contributed by atoms with E-state index in [9.17, 15) is 31.2 Å². The van der Waals surface area contributed by atoms with Gasteiger partial charge >= 0.3 is 6.09 Å². The molecule has 9 rings (SSSR count). The van der Waals surface area contributed by atoms with Gasteiger partial charge in [-0.1, -0.05) is 35.4 Å². The Kier molecular flexibility index (Phi) is 11.1. The van der Waals surface area contributed by atoms with Gasteiger partial charge in [-0.3, -0.25) is 9.59 Å². The third-order valence-electron chi connectivity index (χ3n) is 11.0. The van der Waals surface area contributed by atoms with E-state index in [-0.39, 0.29) is 44.8 Å². The van der Waals surface area contributed by atoms with Crippen molar-refractivity contribution in [2.75, 3.05) is 0 Å². The molecule has 3 fully saturated rings. The molecule has 0 spiro atoms. The number of carbonyl (C=O) groups excluding carboxylic acids is 3. The molecule has 6 aromatic rings. The molecule has 3 aliphatic carbocycles. The summed E-state index contributed by atoms with van der Waals surface area (Å²) in [4.78, 5) is 53.6. The van der Waals surface area contributed by atoms with Gasteiger partial charge in [0.05, 0.1) is 34.4 Å². The minimum atomic E-state index is -3.81. The van der Waals surface area contributed by atoms with Crippen LogP contribution in [0.15, 0.2) is 95.2 Å². The highest BCUT2D eigenvalue weighted by Gasteiger charge is 2.53. The number of benzene rings is 2. The lowest BCUT2D eigenvalue weighted by molar-refractivity contribution is -0.138. The summed E-state index contributed by atoms with van der Waals surface area (Å²) in [6.45, 7) is 9.49. The molecule has 2 amide bonds. The van der Waals surface area contributed by atoms with Crippen LogP contribution in [0.5, 0.6) is 0 Å². The van der Waals surface area contributed by atoms with E-state index < -0.39 is 37.2 Å². The van der Waals surface area contributed by atoms with Gasteiger partial charge in [-0.2, -0.15) is 0 Å². The molecular weight excluding hydrogens is 809 g/mol. The molecule has 0 radical (unpaired) electrons. The highest BCUT2D eigenvalue weighted by Crippen LogP contribution is 2.52. The number of aldehydes is 1. The van der Waals surface area contributed by atoms with Crippen molar-refractivity contribution < 1.29 is 36.0 Å². The molecular formula is C42H46N8O8S2. The van der Waals surface area contributed by atoms with Crippen molar-refractivity contribution >= 4 is 60.7 Å². The summed E-state index contributed by atoms with van der Waals surface area (Å²) in [5.74, 6) is -0.0190. The predicted octanol–water partition coefficient (Wildman–Crippen LogP) is 6.00. The molecule has 4 aromatic heterocycles. The maximum Gasteiger partial charge on any atom is 0.408 e. The normalized spacial score (nSPS) is 19.0. The second-order valence-corrected chi connectivity index (χ2v) is 20.1. The molecule has 4 heterocycles. The second-order valence-electron chi connectivity index (χ2n) is 16.4. The first kappa shape index (κ1) is 42.1. The van der Waals surface area contributed by atoms with Crippen molar-refractivity contribution in [3.8, 4) is 0 Å². The molecule has 18 heteroatoms. The monoisotopic (exact) mass is 854 g/mol. The quantitative estimate of drug-likeness (QED) is 0.160. The van der Waals surface area contributed by atoms with Crippen LogP contribution in [0.3, 0.4) is 0 Å². The number of hydrogen-bond donors (Lipinski definition) is 2. The highest BCUT2D eigenvalue weighted by atomic mass is 32.2. The van der Waals surface area contributed by atoms with E-state index in [1.54, 1.807) is 54.6 Å². The fraction of sp³-hybridized carbons (Fsp3) is 0.357. The second kappa shape index (κ2) is 15.9. The Morgan fingerprint density at radius 3 is 1.70 bits per heavy atom. The van der Waals surface area contributed by atoms with Gasteiger partial charge in [0.25, 0.3) is 20.0 Å². The van der Waals surface area contributed by atoms with E-state index in [1.165, 1.54) is 30.9 Å². The van der Waals surface area contributed by atoms with Gasteiger partial charge in [0.2, 0.25) is 5.91 Å². The van der Waals surface area contributed by atoms with Crippen LogP contribution < -0.4 is 10.6 Å². The number of ether oxygens (including phenoxy) is 1. The Bertz CT molecular complexity index is 2800. The molecule has 2 N–H and O–H groups in total. The summed E-state index contributed by atoms with van der Waals surface area (Å²) in [7, 11) is -7.54. The van der Waals surface area contributed by atoms with E-state index in [0.717, 1.165) is 38.3 Å². The van der Waals surface area contributed by atoms with E-state index in [0.29, 0.717) is 42.3 Å². The fourth-order valence-corrected chi connectivity index (χ4v) is 10.2. The van der Waals surface area contributed by atoms with Crippen LogP contribution in [-0.2, 0) is 36.1 Å². The SMILES string of the molecule is Cc1ccc(S(=O)(=O)n2ccc3nc(C=O)cnc32)cc1.Cc1ccc(S(=O)(=O)n2ccc3nc(CNC(=O)C45CCC(NC(=O)OC(C)(C)C)(CC4)CC5)cnc32)cc1. The Hall–Kier alpha value is -6.01. The molecule has 2 bridgehead atoms. The zero-order chi connectivity index (χ0) is 43.1. The van der Waals surface area contributed by atoms with E-state index >= 15 is 0 Å². The first-order valence-electron chi connectivity index (χ1n) is 19.4. The summed E-state index contributed by atoms with van der Waals surface area (Å²) in [6.07, 6.45) is 10.0. The summed E-state index contributed by atoms with van der Waals surface area (Å²) in [6, 6.07) is 16.3. The molecule has 3 saturated carbocycles. The number of amides is 2. The number of aryl methyl sites for hydroxylation is 2. The molecule has 16 nitrogen and oxygen atoms in total. The van der Waals surface area contributed by atoms with Crippen LogP contribution in [0.25, 0.3) is 22.3 Å². The number of aromatic nitrogens is 6. The molecule has 2 aromatic carbocycles. The van der Waals surface area contributed by atoms with Crippen molar-refractivity contribution in [3.63, 3.8) is 0 Å². The van der Waals surface area contributed by atoms with Gasteiger partial charge in [-0.15, -0.1) is 0 Å². The lowest BCUT2D eigenvalue weighted by Crippen LogP contribution is -2.60. The summed E-state index contributed by atoms with van der Waals surface area (Å²) in [5, 5.41) is 6.10. The minimum absolute atomic E-state index is 0.0190. The zero-order valence-electron chi connectivity index (χ0n) is 33.9. The van der Waals surface area contributed by atoms with Gasteiger partial charge in [-0.25, -0.2) is 49.5 Å². The van der Waals surface area contributed by atoms with Crippen molar-refractivity contribution in [1.29, 1.82) is 0 Å². The Labute approximate surface area is 347 Å². The predicted molar refractivity (Wildman–Crippen MR) is 222 cm³/mol. The highest BCUT2D eigenvalue weighted by molar-refractivity contribution is 7.90. The van der Waals surface area contributed by atoms with Gasteiger partial charge in [0.15, 0.2) is 17.6 Å². The Morgan fingerprint density at radius 2 is 1.22 bits per heavy atom. The van der Waals surface area contributed by atoms with Crippen molar-refractivity contribution in [3.05, 3.63) is 108 Å². The molecule has 0 aliphatic heterocycles. The topological polar surface area (TPSA) is 214 Å². The van der Waals surface area contributed by atoms with Gasteiger partial charge in [0.1, 0.15) is 22.3 Å². The van der Waals surface area contributed by atoms with E-state index in [1.807, 2.05) is 34.6 Å². The van der Waals surface area contributed by atoms with E-state index in [4.69, 9.17) is 4.74 Å². The lowest BCUT2D eigenvalue weighted by Gasteiger charge is -2.52. The van der Waals surface area contributed by atoms with Crippen LogP contribution in [0.2, 0.25) is 0 Å². The average molecular weight is 855 g/mol. The molecule has 0 saturated heterocycles. The zero-order valence-corrected chi connectivity index (χ0v) is 35.5. The van der Waals surface area contributed by atoms with Crippen LogP contribution in [0.1, 0.15) is 86.6 Å². The molecule has 0 atom stereocenters. The number of nitrogens with one attached hydrogen (secondary N) is 2. The van der Waals surface area contributed by atoms with Gasteiger partial charge in [0, 0.05) is 23.3 Å². The largest absolute Gasteiger partial charge is 0.444 e. The van der Waals surface area contributed by atoms with Gasteiger partial charge in [-0.05, 0) is 110 Å². The average Bonchev–Trinajstić information content (AvgIpc) is 3.85. The molecule has 314 valence electrons. The Morgan fingerprint density at radius 1 is 0.733 bits per heavy atom. The summed E-state index contributed by atoms with van der Waals surface area (Å²) >= 11 is 0. The minimum Gasteiger partial charge on any atom is -0.444 e. The number of rotatable bonds is 9. The number of alkyl carbamates (subject to hydrolysis) is 1. The van der Waals surface area contributed by atoms with Crippen molar-refractivity contribution in [1.82, 2.24) is 38.5 Å². The standard InChI is InChI=1S/C28H35N5O5S.C14H11N3O3S/c1-19-5-7-21(8-6-19)39(36,37)33-16-9-22-23(33)29-17-20(31-22)18-30-24(34)27-10-13-28(14-11-27,15-12-27)32-25(35)38-26(2,3)4;1-10-2-4-12(5-3-10)21(19,20)17-7-6-13-14(17)15-8-11(9-18)16-13/h5-9,16-17H,10-15,18H2,1-4H3,(H,30,34)(H,32,35);2-9H,1H3. The lowest BCUT2D eigenvalue weighted by atomic mass is 9.57. The third kappa shape index (κ3) is 8.52. The molecule has 60 heavy (non-hydrogen) atoms. The van der Waals surface area contributed by atoms with Crippen LogP contribution in [-0.4, -0.2) is 74.1 Å². The number of carbonyl (C=O) groups is 3. The third-order valence-corrected chi connectivity index (χ3v) is 14.3. The first-order chi connectivity index (χ1) is 28.3. The van der Waals surface area contributed by atoms with E-state index in [2.05, 4.69) is 30.6 Å². The molecule has 0 unspecified atom stereocenters. The van der Waals surface area contributed by atoms with Crippen LogP contribution in [0.4, 0.5) is 4.79 Å². The van der Waals surface area contributed by atoms with Crippen molar-refractivity contribution in [2.24, 2.45) is 5.41 Å². The summed E-state index contributed by atoms with van der Waals surface area (Å²) in [5.41, 5.74) is 2.54. The van der Waals surface area contributed by atoms with Crippen molar-refractivity contribution in [2.45, 2.75) is 101 Å². The summed E-state index contributed by atoms with van der Waals surface area (Å²) < 4.78 is 59.1. The number of fused-ring (bicyclic) bond motifs is 5. The maximum atomic E-state index is 13.3. The fourth-order valence-electron chi connectivity index (χ4n) is 7.60. The maximum absolute atomic E-state index is 13.3. The Balaban J connectivity index is 0.000000218. The van der Waals surface area contributed by atoms with Crippen LogP contribution in [0, 0.1) is 19.3 Å². The number of hydrogen-bond acceptors (Lipinski definition) is 12. The number of nitrogens with zero attached hydrogens (tertiary/aromatic N) is 6. The van der Waals surface area contributed by atoms with Gasteiger partial charge < -0.3 is 15.4 Å².